The number of halogens is 4. The van der Waals surface area contributed by atoms with Crippen LogP contribution in [0.5, 0.6) is 0 Å². The zero-order valence-electron chi connectivity index (χ0n) is 15.8. The molecular weight excluding hydrogens is 397 g/mol. The summed E-state index contributed by atoms with van der Waals surface area (Å²) in [5.41, 5.74) is 0.762. The number of anilines is 1. The van der Waals surface area contributed by atoms with Gasteiger partial charge in [-0.25, -0.2) is 0 Å². The Labute approximate surface area is 168 Å². The Morgan fingerprint density at radius 2 is 1.71 bits per heavy atom. The molecule has 2 rings (SSSR count). The first-order chi connectivity index (χ1) is 12.7. The van der Waals surface area contributed by atoms with Crippen molar-refractivity contribution in [3.8, 4) is 0 Å². The van der Waals surface area contributed by atoms with E-state index in [1.165, 1.54) is 17.0 Å². The molecule has 1 atom stereocenters. The predicted molar refractivity (Wildman–Crippen MR) is 104 cm³/mol. The largest absolute Gasteiger partial charge is 0.405 e. The Kier molecular flexibility index (Phi) is 9.19. The molecule has 0 bridgehead atoms. The van der Waals surface area contributed by atoms with Gasteiger partial charge in [-0.1, -0.05) is 13.8 Å². The van der Waals surface area contributed by atoms with Gasteiger partial charge in [0.05, 0.1) is 0 Å². The average molecular weight is 423 g/mol. The summed E-state index contributed by atoms with van der Waals surface area (Å²) in [6, 6.07) is 4.32. The van der Waals surface area contributed by atoms with Gasteiger partial charge in [-0.2, -0.15) is 13.2 Å². The summed E-state index contributed by atoms with van der Waals surface area (Å²) in [6.45, 7) is 4.55. The van der Waals surface area contributed by atoms with Gasteiger partial charge in [-0.3, -0.25) is 14.5 Å². The third-order valence-corrected chi connectivity index (χ3v) is 4.37. The molecule has 1 fully saturated rings. The van der Waals surface area contributed by atoms with Crippen molar-refractivity contribution in [1.29, 1.82) is 0 Å². The highest BCUT2D eigenvalue weighted by molar-refractivity contribution is 5.96. The van der Waals surface area contributed by atoms with Crippen LogP contribution in [0.3, 0.4) is 0 Å². The molecule has 0 spiro atoms. The van der Waals surface area contributed by atoms with Gasteiger partial charge in [-0.05, 0) is 24.3 Å². The van der Waals surface area contributed by atoms with Gasteiger partial charge in [0.2, 0.25) is 5.91 Å². The normalized spacial score (nSPS) is 16.2. The minimum absolute atomic E-state index is 0. The van der Waals surface area contributed by atoms with Crippen LogP contribution in [-0.4, -0.2) is 61.7 Å². The van der Waals surface area contributed by atoms with Gasteiger partial charge in [0.25, 0.3) is 5.91 Å². The number of nitrogens with zero attached hydrogens (tertiary/aromatic N) is 1. The van der Waals surface area contributed by atoms with E-state index >= 15 is 0 Å². The average Bonchev–Trinajstić information content (AvgIpc) is 2.62. The Balaban J connectivity index is 0.00000392. The summed E-state index contributed by atoms with van der Waals surface area (Å²) >= 11 is 0. The van der Waals surface area contributed by atoms with E-state index in [-0.39, 0.29) is 42.9 Å². The second-order valence-corrected chi connectivity index (χ2v) is 6.77. The quantitative estimate of drug-likeness (QED) is 0.657. The number of piperazine rings is 1. The first-order valence-electron chi connectivity index (χ1n) is 8.89. The Hall–Kier alpha value is -1.84. The fraction of sp³-hybridized carbons (Fsp3) is 0.556. The maximum absolute atomic E-state index is 13.3. The van der Waals surface area contributed by atoms with E-state index in [2.05, 4.69) is 16.0 Å². The fourth-order valence-electron chi connectivity index (χ4n) is 2.73. The van der Waals surface area contributed by atoms with Crippen LogP contribution in [0.4, 0.5) is 18.9 Å². The third-order valence-electron chi connectivity index (χ3n) is 4.37. The van der Waals surface area contributed by atoms with Crippen molar-refractivity contribution < 1.29 is 22.8 Å². The van der Waals surface area contributed by atoms with Crippen LogP contribution >= 0.6 is 12.4 Å². The third kappa shape index (κ3) is 6.96. The van der Waals surface area contributed by atoms with Crippen molar-refractivity contribution in [2.24, 2.45) is 5.92 Å². The van der Waals surface area contributed by atoms with Crippen molar-refractivity contribution in [3.63, 3.8) is 0 Å². The molecule has 1 aromatic carbocycles. The van der Waals surface area contributed by atoms with E-state index in [4.69, 9.17) is 0 Å². The molecule has 1 aliphatic heterocycles. The Morgan fingerprint density at radius 3 is 2.21 bits per heavy atom. The minimum Gasteiger partial charge on any atom is -0.350 e. The second-order valence-electron chi connectivity index (χ2n) is 6.77. The number of hydrogen-bond donors (Lipinski definition) is 3. The van der Waals surface area contributed by atoms with Crippen LogP contribution in [0, 0.1) is 5.92 Å². The maximum atomic E-state index is 13.3. The highest BCUT2D eigenvalue weighted by Crippen LogP contribution is 2.25. The molecule has 1 saturated heterocycles. The molecule has 158 valence electrons. The summed E-state index contributed by atoms with van der Waals surface area (Å²) in [6.07, 6.45) is -4.42. The van der Waals surface area contributed by atoms with Crippen LogP contribution in [0.2, 0.25) is 0 Å². The van der Waals surface area contributed by atoms with E-state index in [0.717, 1.165) is 0 Å². The maximum Gasteiger partial charge on any atom is 0.405 e. The van der Waals surface area contributed by atoms with Crippen molar-refractivity contribution in [2.45, 2.75) is 26.1 Å². The number of hydrogen-bond acceptors (Lipinski definition) is 4. The smallest absolute Gasteiger partial charge is 0.350 e. The SMILES string of the molecule is CC(C)C(=O)Nc1ccc(C(=O)NCC(N2CCNCC2)C(F)(F)F)cc1.Cl. The van der Waals surface area contributed by atoms with Crippen molar-refractivity contribution in [2.75, 3.05) is 38.0 Å². The molecule has 3 N–H and O–H groups in total. The number of benzene rings is 1. The van der Waals surface area contributed by atoms with Crippen molar-refractivity contribution in [1.82, 2.24) is 15.5 Å². The molecule has 28 heavy (non-hydrogen) atoms. The molecule has 0 aliphatic carbocycles. The van der Waals surface area contributed by atoms with E-state index in [9.17, 15) is 22.8 Å². The summed E-state index contributed by atoms with van der Waals surface area (Å²) in [5, 5.41) is 8.07. The lowest BCUT2D eigenvalue weighted by molar-refractivity contribution is -0.183. The molecule has 6 nitrogen and oxygen atoms in total. The summed E-state index contributed by atoms with van der Waals surface area (Å²) < 4.78 is 40.0. The summed E-state index contributed by atoms with van der Waals surface area (Å²) in [5.74, 6) is -0.922. The predicted octanol–water partition coefficient (Wildman–Crippen LogP) is 2.27. The molecule has 2 amide bonds. The lowest BCUT2D eigenvalue weighted by Gasteiger charge is -2.35. The molecule has 1 unspecified atom stereocenters. The lowest BCUT2D eigenvalue weighted by Crippen LogP contribution is -2.57. The van der Waals surface area contributed by atoms with Gasteiger partial charge in [0, 0.05) is 49.9 Å². The number of carbonyl (C=O) groups is 2. The van der Waals surface area contributed by atoms with Crippen molar-refractivity contribution in [3.05, 3.63) is 29.8 Å². The van der Waals surface area contributed by atoms with Gasteiger partial charge in [0.15, 0.2) is 0 Å². The van der Waals surface area contributed by atoms with Crippen LogP contribution in [-0.2, 0) is 4.79 Å². The first-order valence-corrected chi connectivity index (χ1v) is 8.89. The standard InChI is InChI=1S/C18H25F3N4O2.ClH/c1-12(2)16(26)24-14-5-3-13(4-6-14)17(27)23-11-15(18(19,20)21)25-9-7-22-8-10-25;/h3-6,12,15,22H,7-11H2,1-2H3,(H,23,27)(H,24,26);1H. The molecule has 0 saturated carbocycles. The van der Waals surface area contributed by atoms with Gasteiger partial charge in [-0.15, -0.1) is 12.4 Å². The molecule has 0 radical (unpaired) electrons. The Bertz CT molecular complexity index is 647. The minimum atomic E-state index is -4.42. The summed E-state index contributed by atoms with van der Waals surface area (Å²) in [7, 11) is 0. The Morgan fingerprint density at radius 1 is 1.14 bits per heavy atom. The number of rotatable bonds is 6. The fourth-order valence-corrected chi connectivity index (χ4v) is 2.73. The van der Waals surface area contributed by atoms with Gasteiger partial charge >= 0.3 is 6.18 Å². The van der Waals surface area contributed by atoms with Gasteiger partial charge in [0.1, 0.15) is 6.04 Å². The molecule has 1 aromatic rings. The molecule has 10 heteroatoms. The van der Waals surface area contributed by atoms with E-state index in [1.807, 2.05) is 0 Å². The van der Waals surface area contributed by atoms with Crippen LogP contribution in [0.15, 0.2) is 24.3 Å². The van der Waals surface area contributed by atoms with E-state index in [1.54, 1.807) is 26.0 Å². The first kappa shape index (κ1) is 24.2. The molecular formula is C18H26ClF3N4O2. The monoisotopic (exact) mass is 422 g/mol. The number of amides is 2. The number of nitrogens with one attached hydrogen (secondary N) is 3. The van der Waals surface area contributed by atoms with Crippen LogP contribution in [0.25, 0.3) is 0 Å². The topological polar surface area (TPSA) is 73.5 Å². The van der Waals surface area contributed by atoms with E-state index in [0.29, 0.717) is 18.8 Å². The van der Waals surface area contributed by atoms with Crippen molar-refractivity contribution >= 4 is 29.9 Å². The highest BCUT2D eigenvalue weighted by atomic mass is 35.5. The van der Waals surface area contributed by atoms with Gasteiger partial charge < -0.3 is 16.0 Å². The second kappa shape index (κ2) is 10.6. The molecule has 1 heterocycles. The van der Waals surface area contributed by atoms with Crippen LogP contribution in [0.1, 0.15) is 24.2 Å². The molecule has 0 aromatic heterocycles. The van der Waals surface area contributed by atoms with E-state index < -0.39 is 24.7 Å². The molecule has 1 aliphatic rings. The number of carbonyl (C=O) groups excluding carboxylic acids is 2. The van der Waals surface area contributed by atoms with Crippen LogP contribution < -0.4 is 16.0 Å². The summed E-state index contributed by atoms with van der Waals surface area (Å²) in [4.78, 5) is 25.2. The zero-order chi connectivity index (χ0) is 20.0. The zero-order valence-corrected chi connectivity index (χ0v) is 16.6. The number of alkyl halides is 3. The lowest BCUT2D eigenvalue weighted by atomic mass is 10.1. The highest BCUT2D eigenvalue weighted by Gasteiger charge is 2.43.